The first kappa shape index (κ1) is 13.5. The molecule has 1 fully saturated rings. The Morgan fingerprint density at radius 2 is 2.38 bits per heavy atom. The maximum Gasteiger partial charge on any atom is 0.225 e. The van der Waals surface area contributed by atoms with Crippen molar-refractivity contribution in [2.75, 3.05) is 26.2 Å². The van der Waals surface area contributed by atoms with Crippen molar-refractivity contribution in [3.8, 4) is 0 Å². The van der Waals surface area contributed by atoms with Crippen molar-refractivity contribution >= 4 is 5.91 Å². The van der Waals surface area contributed by atoms with Gasteiger partial charge in [0.05, 0.1) is 0 Å². The zero-order valence-corrected chi connectivity index (χ0v) is 10.2. The number of nitrogens with two attached hydrogens (primary N) is 1. The number of likely N-dealkylation sites (tertiary alicyclic amines) is 1. The second kappa shape index (κ2) is 6.86. The average molecular weight is 228 g/mol. The van der Waals surface area contributed by atoms with E-state index >= 15 is 0 Å². The van der Waals surface area contributed by atoms with Crippen molar-refractivity contribution in [1.29, 1.82) is 0 Å². The van der Waals surface area contributed by atoms with Crippen LogP contribution in [0.4, 0.5) is 0 Å². The van der Waals surface area contributed by atoms with E-state index in [4.69, 9.17) is 10.8 Å². The van der Waals surface area contributed by atoms with E-state index in [1.807, 2.05) is 11.8 Å². The van der Waals surface area contributed by atoms with Crippen LogP contribution in [0.1, 0.15) is 32.6 Å². The lowest BCUT2D eigenvalue weighted by Gasteiger charge is -2.34. The first-order chi connectivity index (χ1) is 7.69. The molecule has 1 aliphatic rings. The SMILES string of the molecule is CC(CCN)C(=O)N1CCCC(CCO)C1. The molecule has 1 heterocycles. The Morgan fingerprint density at radius 3 is 3.00 bits per heavy atom. The molecule has 4 nitrogen and oxygen atoms in total. The molecular formula is C12H24N2O2. The fraction of sp³-hybridized carbons (Fsp3) is 0.917. The van der Waals surface area contributed by atoms with Gasteiger partial charge in [-0.3, -0.25) is 4.79 Å². The van der Waals surface area contributed by atoms with Crippen LogP contribution in [-0.4, -0.2) is 42.2 Å². The average Bonchev–Trinajstić information content (AvgIpc) is 2.29. The molecule has 0 spiro atoms. The molecule has 1 saturated heterocycles. The van der Waals surface area contributed by atoms with Gasteiger partial charge in [-0.1, -0.05) is 6.92 Å². The molecule has 2 unspecified atom stereocenters. The van der Waals surface area contributed by atoms with Gasteiger partial charge in [0.25, 0.3) is 0 Å². The van der Waals surface area contributed by atoms with Crippen LogP contribution in [0.2, 0.25) is 0 Å². The molecule has 94 valence electrons. The summed E-state index contributed by atoms with van der Waals surface area (Å²) in [4.78, 5) is 14.0. The smallest absolute Gasteiger partial charge is 0.225 e. The van der Waals surface area contributed by atoms with E-state index < -0.39 is 0 Å². The zero-order valence-electron chi connectivity index (χ0n) is 10.2. The monoisotopic (exact) mass is 228 g/mol. The Morgan fingerprint density at radius 1 is 1.62 bits per heavy atom. The molecule has 0 aromatic rings. The summed E-state index contributed by atoms with van der Waals surface area (Å²) in [6.07, 6.45) is 3.77. The normalized spacial score (nSPS) is 23.2. The van der Waals surface area contributed by atoms with Gasteiger partial charge in [0, 0.05) is 25.6 Å². The van der Waals surface area contributed by atoms with Crippen LogP contribution in [0.25, 0.3) is 0 Å². The van der Waals surface area contributed by atoms with Gasteiger partial charge in [0.1, 0.15) is 0 Å². The summed E-state index contributed by atoms with van der Waals surface area (Å²) in [5, 5.41) is 8.92. The van der Waals surface area contributed by atoms with Gasteiger partial charge in [0.2, 0.25) is 5.91 Å². The molecule has 1 aliphatic heterocycles. The van der Waals surface area contributed by atoms with Gasteiger partial charge in [-0.15, -0.1) is 0 Å². The van der Waals surface area contributed by atoms with Crippen molar-refractivity contribution < 1.29 is 9.90 Å². The number of carbonyl (C=O) groups is 1. The Labute approximate surface area is 97.8 Å². The van der Waals surface area contributed by atoms with Crippen LogP contribution >= 0.6 is 0 Å². The van der Waals surface area contributed by atoms with Gasteiger partial charge in [-0.2, -0.15) is 0 Å². The van der Waals surface area contributed by atoms with Gasteiger partial charge in [0.15, 0.2) is 0 Å². The van der Waals surface area contributed by atoms with Crippen LogP contribution in [0.3, 0.4) is 0 Å². The molecule has 0 aliphatic carbocycles. The van der Waals surface area contributed by atoms with Crippen molar-refractivity contribution in [2.24, 2.45) is 17.6 Å². The molecule has 4 heteroatoms. The lowest BCUT2D eigenvalue weighted by atomic mass is 9.94. The molecule has 0 bridgehead atoms. The second-order valence-corrected chi connectivity index (χ2v) is 4.78. The molecular weight excluding hydrogens is 204 g/mol. The van der Waals surface area contributed by atoms with E-state index in [0.29, 0.717) is 12.5 Å². The highest BCUT2D eigenvalue weighted by Gasteiger charge is 2.25. The number of hydrogen-bond acceptors (Lipinski definition) is 3. The van der Waals surface area contributed by atoms with Crippen LogP contribution < -0.4 is 5.73 Å². The quantitative estimate of drug-likeness (QED) is 0.724. The molecule has 0 aromatic carbocycles. The third-order valence-electron chi connectivity index (χ3n) is 3.39. The summed E-state index contributed by atoms with van der Waals surface area (Å²) in [7, 11) is 0. The molecule has 0 aromatic heterocycles. The fourth-order valence-electron chi connectivity index (χ4n) is 2.37. The zero-order chi connectivity index (χ0) is 12.0. The molecule has 16 heavy (non-hydrogen) atoms. The molecule has 2 atom stereocenters. The predicted molar refractivity (Wildman–Crippen MR) is 63.8 cm³/mol. The third kappa shape index (κ3) is 3.76. The molecule has 0 radical (unpaired) electrons. The van der Waals surface area contributed by atoms with Crippen molar-refractivity contribution in [1.82, 2.24) is 4.90 Å². The molecule has 3 N–H and O–H groups in total. The first-order valence-corrected chi connectivity index (χ1v) is 6.28. The number of nitrogens with zero attached hydrogens (tertiary/aromatic N) is 1. The largest absolute Gasteiger partial charge is 0.396 e. The summed E-state index contributed by atoms with van der Waals surface area (Å²) in [5.74, 6) is 0.749. The maximum atomic E-state index is 12.0. The number of aliphatic hydroxyl groups is 1. The predicted octanol–water partition coefficient (Wildman–Crippen LogP) is 0.592. The standard InChI is InChI=1S/C12H24N2O2/c1-10(4-6-13)12(16)14-7-2-3-11(9-14)5-8-15/h10-11,15H,2-9,13H2,1H3. The number of hydrogen-bond donors (Lipinski definition) is 2. The third-order valence-corrected chi connectivity index (χ3v) is 3.39. The van der Waals surface area contributed by atoms with E-state index in [2.05, 4.69) is 0 Å². The highest BCUT2D eigenvalue weighted by Crippen LogP contribution is 2.21. The van der Waals surface area contributed by atoms with E-state index in [9.17, 15) is 4.79 Å². The van der Waals surface area contributed by atoms with Crippen LogP contribution in [0, 0.1) is 11.8 Å². The number of amides is 1. The molecule has 1 amide bonds. The van der Waals surface area contributed by atoms with Crippen molar-refractivity contribution in [3.05, 3.63) is 0 Å². The van der Waals surface area contributed by atoms with E-state index in [1.54, 1.807) is 0 Å². The van der Waals surface area contributed by atoms with Crippen molar-refractivity contribution in [2.45, 2.75) is 32.6 Å². The number of aliphatic hydroxyl groups excluding tert-OH is 1. The Bertz CT molecular complexity index is 219. The number of carbonyl (C=O) groups excluding carboxylic acids is 1. The topological polar surface area (TPSA) is 66.6 Å². The van der Waals surface area contributed by atoms with Crippen molar-refractivity contribution in [3.63, 3.8) is 0 Å². The Hall–Kier alpha value is -0.610. The molecule has 1 rings (SSSR count). The first-order valence-electron chi connectivity index (χ1n) is 6.28. The highest BCUT2D eigenvalue weighted by atomic mass is 16.3. The minimum atomic E-state index is 0.0397. The number of piperidine rings is 1. The minimum absolute atomic E-state index is 0.0397. The Kier molecular flexibility index (Phi) is 5.77. The van der Waals surface area contributed by atoms with E-state index in [0.717, 1.165) is 38.8 Å². The lowest BCUT2D eigenvalue weighted by molar-refractivity contribution is -0.137. The summed E-state index contributed by atoms with van der Waals surface area (Å²) < 4.78 is 0. The fourth-order valence-corrected chi connectivity index (χ4v) is 2.37. The van der Waals surface area contributed by atoms with Crippen LogP contribution in [-0.2, 0) is 4.79 Å². The Balaban J connectivity index is 2.43. The van der Waals surface area contributed by atoms with Gasteiger partial charge < -0.3 is 15.7 Å². The van der Waals surface area contributed by atoms with Crippen LogP contribution in [0.5, 0.6) is 0 Å². The summed E-state index contributed by atoms with van der Waals surface area (Å²) >= 11 is 0. The van der Waals surface area contributed by atoms with Crippen LogP contribution in [0.15, 0.2) is 0 Å². The second-order valence-electron chi connectivity index (χ2n) is 4.78. The maximum absolute atomic E-state index is 12.0. The summed E-state index contributed by atoms with van der Waals surface area (Å²) in [5.41, 5.74) is 5.47. The highest BCUT2D eigenvalue weighted by molar-refractivity contribution is 5.78. The van der Waals surface area contributed by atoms with Gasteiger partial charge in [-0.25, -0.2) is 0 Å². The number of rotatable bonds is 5. The van der Waals surface area contributed by atoms with Gasteiger partial charge >= 0.3 is 0 Å². The van der Waals surface area contributed by atoms with E-state index in [-0.39, 0.29) is 18.4 Å². The summed E-state index contributed by atoms with van der Waals surface area (Å²) in [6.45, 7) is 4.43. The molecule has 0 saturated carbocycles. The minimum Gasteiger partial charge on any atom is -0.396 e. The van der Waals surface area contributed by atoms with Gasteiger partial charge in [-0.05, 0) is 38.1 Å². The van der Waals surface area contributed by atoms with E-state index in [1.165, 1.54) is 0 Å². The summed E-state index contributed by atoms with van der Waals surface area (Å²) in [6, 6.07) is 0. The lowest BCUT2D eigenvalue weighted by Crippen LogP contribution is -2.43.